The molecule has 0 radical (unpaired) electrons. The Bertz CT molecular complexity index is 677. The number of nitrogens with one attached hydrogen (secondary N) is 1. The van der Waals surface area contributed by atoms with Gasteiger partial charge in [-0.05, 0) is 17.7 Å². The standard InChI is InChI=1S/C14H11F3N2O2/c15-11-2-1-10(14(17)6-11)8-18-7-9-3-12(16)5-13(4-9)19(20)21/h1-6,18H,7-8H2. The topological polar surface area (TPSA) is 55.2 Å². The van der Waals surface area contributed by atoms with Gasteiger partial charge >= 0.3 is 0 Å². The van der Waals surface area contributed by atoms with Crippen molar-refractivity contribution >= 4 is 5.69 Å². The van der Waals surface area contributed by atoms with Gasteiger partial charge in [-0.3, -0.25) is 10.1 Å². The van der Waals surface area contributed by atoms with E-state index in [0.717, 1.165) is 24.3 Å². The molecule has 110 valence electrons. The predicted octanol–water partition coefficient (Wildman–Crippen LogP) is 3.30. The zero-order valence-electron chi connectivity index (χ0n) is 10.8. The van der Waals surface area contributed by atoms with Gasteiger partial charge in [0.1, 0.15) is 17.5 Å². The molecule has 0 atom stereocenters. The lowest BCUT2D eigenvalue weighted by molar-refractivity contribution is -0.385. The summed E-state index contributed by atoms with van der Waals surface area (Å²) in [4.78, 5) is 9.92. The zero-order valence-corrected chi connectivity index (χ0v) is 10.8. The summed E-state index contributed by atoms with van der Waals surface area (Å²) in [6.07, 6.45) is 0. The first-order valence-corrected chi connectivity index (χ1v) is 6.04. The summed E-state index contributed by atoms with van der Waals surface area (Å²) in [6.45, 7) is 0.214. The molecule has 0 fully saturated rings. The first-order valence-electron chi connectivity index (χ1n) is 6.04. The molecule has 0 unspecified atom stereocenters. The number of benzene rings is 2. The highest BCUT2D eigenvalue weighted by atomic mass is 19.1. The van der Waals surface area contributed by atoms with Crippen LogP contribution in [0, 0.1) is 27.6 Å². The summed E-state index contributed by atoms with van der Waals surface area (Å²) in [7, 11) is 0. The van der Waals surface area contributed by atoms with Crippen molar-refractivity contribution in [1.29, 1.82) is 0 Å². The summed E-state index contributed by atoms with van der Waals surface area (Å²) < 4.78 is 39.3. The van der Waals surface area contributed by atoms with Crippen LogP contribution >= 0.6 is 0 Å². The molecule has 4 nitrogen and oxygen atoms in total. The fourth-order valence-corrected chi connectivity index (χ4v) is 1.85. The van der Waals surface area contributed by atoms with Crippen molar-refractivity contribution in [2.75, 3.05) is 0 Å². The maximum Gasteiger partial charge on any atom is 0.272 e. The minimum absolute atomic E-state index is 0.0937. The molecule has 0 heterocycles. The van der Waals surface area contributed by atoms with Gasteiger partial charge in [0.2, 0.25) is 0 Å². The fourth-order valence-electron chi connectivity index (χ4n) is 1.85. The molecule has 2 aromatic rings. The van der Waals surface area contributed by atoms with Crippen LogP contribution in [0.3, 0.4) is 0 Å². The first kappa shape index (κ1) is 15.0. The summed E-state index contributed by atoms with van der Waals surface area (Å²) in [6, 6.07) is 6.41. The molecule has 0 aromatic heterocycles. The van der Waals surface area contributed by atoms with Gasteiger partial charge < -0.3 is 5.32 Å². The average molecular weight is 296 g/mol. The molecular formula is C14H11F3N2O2. The van der Waals surface area contributed by atoms with Gasteiger partial charge in [0.15, 0.2) is 0 Å². The van der Waals surface area contributed by atoms with E-state index >= 15 is 0 Å². The Hall–Kier alpha value is -2.41. The van der Waals surface area contributed by atoms with Crippen LogP contribution in [0.4, 0.5) is 18.9 Å². The second-order valence-corrected chi connectivity index (χ2v) is 4.41. The minimum Gasteiger partial charge on any atom is -0.309 e. The number of halogens is 3. The molecule has 0 saturated heterocycles. The zero-order chi connectivity index (χ0) is 15.4. The van der Waals surface area contributed by atoms with Crippen LogP contribution in [-0.2, 0) is 13.1 Å². The van der Waals surface area contributed by atoms with Crippen molar-refractivity contribution in [1.82, 2.24) is 5.32 Å². The molecular weight excluding hydrogens is 285 g/mol. The Morgan fingerprint density at radius 2 is 1.76 bits per heavy atom. The third-order valence-corrected chi connectivity index (χ3v) is 2.81. The van der Waals surface area contributed by atoms with Crippen molar-refractivity contribution in [2.24, 2.45) is 0 Å². The van der Waals surface area contributed by atoms with Crippen molar-refractivity contribution in [3.63, 3.8) is 0 Å². The number of non-ortho nitro benzene ring substituents is 1. The van der Waals surface area contributed by atoms with Crippen LogP contribution in [0.1, 0.15) is 11.1 Å². The third kappa shape index (κ3) is 4.03. The highest BCUT2D eigenvalue weighted by Crippen LogP contribution is 2.16. The molecule has 1 N–H and O–H groups in total. The van der Waals surface area contributed by atoms with E-state index in [4.69, 9.17) is 0 Å². The number of hydrogen-bond acceptors (Lipinski definition) is 3. The molecule has 0 spiro atoms. The number of nitro groups is 1. The predicted molar refractivity (Wildman–Crippen MR) is 70.0 cm³/mol. The van der Waals surface area contributed by atoms with Crippen LogP contribution in [0.5, 0.6) is 0 Å². The van der Waals surface area contributed by atoms with E-state index in [2.05, 4.69) is 5.32 Å². The van der Waals surface area contributed by atoms with Gasteiger partial charge in [-0.25, -0.2) is 13.2 Å². The van der Waals surface area contributed by atoms with Crippen LogP contribution in [-0.4, -0.2) is 4.92 Å². The lowest BCUT2D eigenvalue weighted by Gasteiger charge is -2.06. The minimum atomic E-state index is -0.714. The highest BCUT2D eigenvalue weighted by Gasteiger charge is 2.10. The number of nitrogens with zero attached hydrogens (tertiary/aromatic N) is 1. The molecule has 2 aromatic carbocycles. The molecule has 2 rings (SSSR count). The lowest BCUT2D eigenvalue weighted by atomic mass is 10.1. The Balaban J connectivity index is 2.01. The van der Waals surface area contributed by atoms with Gasteiger partial charge in [-0.15, -0.1) is 0 Å². The lowest BCUT2D eigenvalue weighted by Crippen LogP contribution is -2.14. The third-order valence-electron chi connectivity index (χ3n) is 2.81. The Labute approximate surface area is 118 Å². The van der Waals surface area contributed by atoms with Crippen LogP contribution < -0.4 is 5.32 Å². The first-order chi connectivity index (χ1) is 9.95. The van der Waals surface area contributed by atoms with Gasteiger partial charge in [0.05, 0.1) is 11.0 Å². The van der Waals surface area contributed by atoms with E-state index in [-0.39, 0.29) is 24.3 Å². The smallest absolute Gasteiger partial charge is 0.272 e. The molecule has 0 aliphatic carbocycles. The fraction of sp³-hybridized carbons (Fsp3) is 0.143. The van der Waals surface area contributed by atoms with Gasteiger partial charge in [-0.1, -0.05) is 6.07 Å². The second-order valence-electron chi connectivity index (χ2n) is 4.41. The van der Waals surface area contributed by atoms with E-state index in [1.54, 1.807) is 0 Å². The number of hydrogen-bond donors (Lipinski definition) is 1. The Kier molecular flexibility index (Phi) is 4.54. The van der Waals surface area contributed by atoms with E-state index in [1.165, 1.54) is 12.1 Å². The van der Waals surface area contributed by atoms with Crippen LogP contribution in [0.25, 0.3) is 0 Å². The highest BCUT2D eigenvalue weighted by molar-refractivity contribution is 5.35. The second kappa shape index (κ2) is 6.36. The maximum atomic E-state index is 13.4. The van der Waals surface area contributed by atoms with Crippen molar-refractivity contribution < 1.29 is 18.1 Å². The average Bonchev–Trinajstić information content (AvgIpc) is 2.40. The largest absolute Gasteiger partial charge is 0.309 e. The molecule has 0 saturated carbocycles. The molecule has 0 aliphatic heterocycles. The Morgan fingerprint density at radius 3 is 2.43 bits per heavy atom. The van der Waals surface area contributed by atoms with Crippen LogP contribution in [0.15, 0.2) is 36.4 Å². The molecule has 0 amide bonds. The quantitative estimate of drug-likeness (QED) is 0.680. The normalized spacial score (nSPS) is 10.6. The molecule has 0 aliphatic rings. The van der Waals surface area contributed by atoms with Gasteiger partial charge in [0, 0.05) is 30.8 Å². The molecule has 21 heavy (non-hydrogen) atoms. The summed E-state index contributed by atoms with van der Waals surface area (Å²) >= 11 is 0. The van der Waals surface area contributed by atoms with E-state index < -0.39 is 22.4 Å². The molecule has 7 heteroatoms. The van der Waals surface area contributed by atoms with Crippen molar-refractivity contribution in [3.05, 3.63) is 75.1 Å². The van der Waals surface area contributed by atoms with Crippen molar-refractivity contribution in [2.45, 2.75) is 13.1 Å². The monoisotopic (exact) mass is 296 g/mol. The summed E-state index contributed by atoms with van der Waals surface area (Å²) in [5.74, 6) is -2.07. The SMILES string of the molecule is O=[N+]([O-])c1cc(F)cc(CNCc2ccc(F)cc2F)c1. The van der Waals surface area contributed by atoms with Gasteiger partial charge in [0.25, 0.3) is 5.69 Å². The number of rotatable bonds is 5. The maximum absolute atomic E-state index is 13.4. The summed E-state index contributed by atoms with van der Waals surface area (Å²) in [5.41, 5.74) is 0.270. The van der Waals surface area contributed by atoms with E-state index in [1.807, 2.05) is 0 Å². The molecule has 0 bridgehead atoms. The van der Waals surface area contributed by atoms with Gasteiger partial charge in [-0.2, -0.15) is 0 Å². The Morgan fingerprint density at radius 1 is 1.00 bits per heavy atom. The van der Waals surface area contributed by atoms with E-state index in [0.29, 0.717) is 5.56 Å². The van der Waals surface area contributed by atoms with Crippen LogP contribution in [0.2, 0.25) is 0 Å². The number of nitro benzene ring substituents is 1. The van der Waals surface area contributed by atoms with Crippen molar-refractivity contribution in [3.8, 4) is 0 Å². The summed E-state index contributed by atoms with van der Waals surface area (Å²) in [5, 5.41) is 13.4. The van der Waals surface area contributed by atoms with E-state index in [9.17, 15) is 23.3 Å².